The SMILES string of the molecule is CC1(C)C2CCC1(C)C(NC(=O)CCN)C2. The van der Waals surface area contributed by atoms with Gasteiger partial charge in [0.2, 0.25) is 5.91 Å². The van der Waals surface area contributed by atoms with E-state index in [4.69, 9.17) is 5.73 Å². The summed E-state index contributed by atoms with van der Waals surface area (Å²) in [4.78, 5) is 11.6. The summed E-state index contributed by atoms with van der Waals surface area (Å²) in [5.41, 5.74) is 6.05. The van der Waals surface area contributed by atoms with E-state index >= 15 is 0 Å². The highest BCUT2D eigenvalue weighted by Crippen LogP contribution is 2.65. The lowest BCUT2D eigenvalue weighted by atomic mass is 9.69. The highest BCUT2D eigenvalue weighted by molar-refractivity contribution is 5.76. The smallest absolute Gasteiger partial charge is 0.221 e. The monoisotopic (exact) mass is 224 g/mol. The van der Waals surface area contributed by atoms with E-state index in [0.29, 0.717) is 24.4 Å². The van der Waals surface area contributed by atoms with Gasteiger partial charge < -0.3 is 11.1 Å². The van der Waals surface area contributed by atoms with E-state index in [1.165, 1.54) is 12.8 Å². The fraction of sp³-hybridized carbons (Fsp3) is 0.923. The van der Waals surface area contributed by atoms with Crippen molar-refractivity contribution in [2.45, 2.75) is 52.5 Å². The molecule has 2 aliphatic rings. The Hall–Kier alpha value is -0.570. The number of fused-ring (bicyclic) bond motifs is 2. The van der Waals surface area contributed by atoms with Crippen molar-refractivity contribution < 1.29 is 4.79 Å². The van der Waals surface area contributed by atoms with E-state index < -0.39 is 0 Å². The molecule has 0 heterocycles. The van der Waals surface area contributed by atoms with Crippen molar-refractivity contribution in [3.63, 3.8) is 0 Å². The minimum Gasteiger partial charge on any atom is -0.353 e. The van der Waals surface area contributed by atoms with Crippen LogP contribution in [0, 0.1) is 16.7 Å². The first-order valence-corrected chi connectivity index (χ1v) is 6.41. The molecule has 0 aromatic heterocycles. The summed E-state index contributed by atoms with van der Waals surface area (Å²) in [5.74, 6) is 0.901. The first kappa shape index (κ1) is 11.9. The number of hydrogen-bond acceptors (Lipinski definition) is 2. The van der Waals surface area contributed by atoms with Gasteiger partial charge in [0.25, 0.3) is 0 Å². The molecule has 2 saturated carbocycles. The Kier molecular flexibility index (Phi) is 2.77. The van der Waals surface area contributed by atoms with Crippen LogP contribution in [0.25, 0.3) is 0 Å². The molecular formula is C13H24N2O. The molecule has 0 radical (unpaired) electrons. The molecule has 0 saturated heterocycles. The maximum Gasteiger partial charge on any atom is 0.221 e. The molecule has 0 spiro atoms. The number of carbonyl (C=O) groups excluding carboxylic acids is 1. The Morgan fingerprint density at radius 3 is 2.56 bits per heavy atom. The summed E-state index contributed by atoms with van der Waals surface area (Å²) in [6.45, 7) is 7.51. The summed E-state index contributed by atoms with van der Waals surface area (Å²) < 4.78 is 0. The Morgan fingerprint density at radius 2 is 2.12 bits per heavy atom. The number of rotatable bonds is 3. The Labute approximate surface area is 98.2 Å². The van der Waals surface area contributed by atoms with Crippen LogP contribution in [-0.4, -0.2) is 18.5 Å². The van der Waals surface area contributed by atoms with Crippen LogP contribution in [0.3, 0.4) is 0 Å². The molecule has 0 aromatic rings. The number of carbonyl (C=O) groups is 1. The Balaban J connectivity index is 2.07. The standard InChI is InChI=1S/C13H24N2O/c1-12(2)9-4-6-13(12,3)10(8-9)15-11(16)5-7-14/h9-10H,4-8,14H2,1-3H3,(H,15,16). The first-order valence-electron chi connectivity index (χ1n) is 6.41. The van der Waals surface area contributed by atoms with Crippen molar-refractivity contribution in [3.8, 4) is 0 Å². The van der Waals surface area contributed by atoms with Crippen LogP contribution in [0.2, 0.25) is 0 Å². The van der Waals surface area contributed by atoms with Gasteiger partial charge >= 0.3 is 0 Å². The van der Waals surface area contributed by atoms with Crippen LogP contribution in [0.1, 0.15) is 46.5 Å². The largest absolute Gasteiger partial charge is 0.353 e. The van der Waals surface area contributed by atoms with Gasteiger partial charge in [0.05, 0.1) is 0 Å². The van der Waals surface area contributed by atoms with Crippen molar-refractivity contribution in [1.82, 2.24) is 5.32 Å². The topological polar surface area (TPSA) is 55.1 Å². The fourth-order valence-electron chi connectivity index (χ4n) is 3.82. The zero-order valence-electron chi connectivity index (χ0n) is 10.7. The van der Waals surface area contributed by atoms with Gasteiger partial charge in [-0.15, -0.1) is 0 Å². The van der Waals surface area contributed by atoms with Gasteiger partial charge in [0.15, 0.2) is 0 Å². The zero-order chi connectivity index (χ0) is 12.0. The number of nitrogens with two attached hydrogens (primary N) is 1. The summed E-state index contributed by atoms with van der Waals surface area (Å²) in [5, 5.41) is 3.19. The molecule has 1 amide bonds. The van der Waals surface area contributed by atoms with Gasteiger partial charge in [-0.3, -0.25) is 4.79 Å². The van der Waals surface area contributed by atoms with Gasteiger partial charge in [-0.05, 0) is 36.0 Å². The minimum atomic E-state index is 0.122. The van der Waals surface area contributed by atoms with E-state index in [1.807, 2.05) is 0 Å². The fourth-order valence-corrected chi connectivity index (χ4v) is 3.82. The van der Waals surface area contributed by atoms with Crippen molar-refractivity contribution in [2.75, 3.05) is 6.54 Å². The van der Waals surface area contributed by atoms with E-state index in [1.54, 1.807) is 0 Å². The molecule has 92 valence electrons. The molecule has 0 aliphatic heterocycles. The molecule has 0 aromatic carbocycles. The Morgan fingerprint density at radius 1 is 1.44 bits per heavy atom. The average molecular weight is 224 g/mol. The maximum absolute atomic E-state index is 11.6. The second kappa shape index (κ2) is 3.73. The van der Waals surface area contributed by atoms with Crippen molar-refractivity contribution >= 4 is 5.91 Å². The van der Waals surface area contributed by atoms with Crippen LogP contribution in [0.5, 0.6) is 0 Å². The van der Waals surface area contributed by atoms with Crippen molar-refractivity contribution in [1.29, 1.82) is 0 Å². The zero-order valence-corrected chi connectivity index (χ0v) is 10.7. The lowest BCUT2D eigenvalue weighted by molar-refractivity contribution is -0.122. The lowest BCUT2D eigenvalue weighted by Gasteiger charge is -2.39. The minimum absolute atomic E-state index is 0.122. The molecule has 2 rings (SSSR count). The molecule has 16 heavy (non-hydrogen) atoms. The Bertz CT molecular complexity index is 300. The molecule has 2 fully saturated rings. The van der Waals surface area contributed by atoms with E-state index in [2.05, 4.69) is 26.1 Å². The van der Waals surface area contributed by atoms with Gasteiger partial charge in [0.1, 0.15) is 0 Å². The predicted octanol–water partition coefficient (Wildman–Crippen LogP) is 1.67. The van der Waals surface area contributed by atoms with Gasteiger partial charge in [-0.25, -0.2) is 0 Å². The van der Waals surface area contributed by atoms with Gasteiger partial charge in [-0.1, -0.05) is 20.8 Å². The van der Waals surface area contributed by atoms with Crippen LogP contribution < -0.4 is 11.1 Å². The highest BCUT2D eigenvalue weighted by atomic mass is 16.1. The summed E-state index contributed by atoms with van der Waals surface area (Å²) in [7, 11) is 0. The van der Waals surface area contributed by atoms with Crippen LogP contribution in [0.15, 0.2) is 0 Å². The molecule has 3 unspecified atom stereocenters. The third kappa shape index (κ3) is 1.48. The normalized spacial score (nSPS) is 40.0. The second-order valence-corrected chi connectivity index (χ2v) is 6.27. The first-order chi connectivity index (χ1) is 7.41. The highest BCUT2D eigenvalue weighted by Gasteiger charge is 2.61. The van der Waals surface area contributed by atoms with Crippen LogP contribution in [0.4, 0.5) is 0 Å². The quantitative estimate of drug-likeness (QED) is 0.766. The maximum atomic E-state index is 11.6. The molecule has 2 aliphatic carbocycles. The van der Waals surface area contributed by atoms with Crippen molar-refractivity contribution in [2.24, 2.45) is 22.5 Å². The molecular weight excluding hydrogens is 200 g/mol. The van der Waals surface area contributed by atoms with Gasteiger partial charge in [0, 0.05) is 19.0 Å². The summed E-state index contributed by atoms with van der Waals surface area (Å²) >= 11 is 0. The van der Waals surface area contributed by atoms with Crippen LogP contribution >= 0.6 is 0 Å². The molecule has 3 heteroatoms. The number of amides is 1. The van der Waals surface area contributed by atoms with E-state index in [-0.39, 0.29) is 11.3 Å². The lowest BCUT2D eigenvalue weighted by Crippen LogP contribution is -2.47. The van der Waals surface area contributed by atoms with Crippen molar-refractivity contribution in [3.05, 3.63) is 0 Å². The van der Waals surface area contributed by atoms with Gasteiger partial charge in [-0.2, -0.15) is 0 Å². The molecule has 3 N–H and O–H groups in total. The summed E-state index contributed by atoms with van der Waals surface area (Å²) in [6, 6.07) is 0.361. The predicted molar refractivity (Wildman–Crippen MR) is 64.8 cm³/mol. The summed E-state index contributed by atoms with van der Waals surface area (Å²) in [6.07, 6.45) is 4.18. The molecule has 2 bridgehead atoms. The average Bonchev–Trinajstić information content (AvgIpc) is 2.51. The van der Waals surface area contributed by atoms with Crippen LogP contribution in [-0.2, 0) is 4.79 Å². The van der Waals surface area contributed by atoms with E-state index in [9.17, 15) is 4.79 Å². The molecule has 3 nitrogen and oxygen atoms in total. The number of hydrogen-bond donors (Lipinski definition) is 2. The third-order valence-electron chi connectivity index (χ3n) is 5.50. The van der Waals surface area contributed by atoms with E-state index in [0.717, 1.165) is 12.3 Å². The third-order valence-corrected chi connectivity index (χ3v) is 5.50. The second-order valence-electron chi connectivity index (χ2n) is 6.27. The molecule has 3 atom stereocenters. The number of nitrogens with one attached hydrogen (secondary N) is 1.